The van der Waals surface area contributed by atoms with E-state index in [1.165, 1.54) is 18.2 Å². The van der Waals surface area contributed by atoms with Gasteiger partial charge in [0.1, 0.15) is 12.4 Å². The molecule has 3 heteroatoms. The Morgan fingerprint density at radius 1 is 1.45 bits per heavy atom. The van der Waals surface area contributed by atoms with Crippen LogP contribution in [0.1, 0.15) is 0 Å². The molecule has 0 bridgehead atoms. The number of aliphatic hydroxyl groups is 2. The van der Waals surface area contributed by atoms with Crippen LogP contribution in [0.5, 0.6) is 0 Å². The summed E-state index contributed by atoms with van der Waals surface area (Å²) in [6, 6.07) is 0. The molecule has 0 fully saturated rings. The van der Waals surface area contributed by atoms with E-state index in [0.717, 1.165) is 0 Å². The molecule has 0 radical (unpaired) electrons. The second kappa shape index (κ2) is 5.68. The third kappa shape index (κ3) is 4.33. The predicted octanol–water partition coefficient (Wildman–Crippen LogP) is 1.50. The lowest BCUT2D eigenvalue weighted by Gasteiger charge is -1.92. The fraction of sp³-hybridized carbons (Fsp3) is 0.250. The Hall–Kier alpha value is -1.09. The Morgan fingerprint density at radius 2 is 2.09 bits per heavy atom. The van der Waals surface area contributed by atoms with Crippen LogP contribution in [-0.2, 0) is 0 Å². The molecule has 0 aromatic heterocycles. The zero-order chi connectivity index (χ0) is 8.69. The van der Waals surface area contributed by atoms with Crippen LogP contribution in [0.2, 0.25) is 0 Å². The van der Waals surface area contributed by atoms with Crippen LogP contribution in [0.15, 0.2) is 36.1 Å². The van der Waals surface area contributed by atoms with E-state index in [9.17, 15) is 4.39 Å². The van der Waals surface area contributed by atoms with Crippen LogP contribution in [0.25, 0.3) is 0 Å². The molecule has 0 aromatic carbocycles. The van der Waals surface area contributed by atoms with Gasteiger partial charge in [-0.15, -0.1) is 0 Å². The van der Waals surface area contributed by atoms with Crippen LogP contribution in [-0.4, -0.2) is 23.5 Å². The lowest BCUT2D eigenvalue weighted by atomic mass is 10.2. The zero-order valence-electron chi connectivity index (χ0n) is 6.13. The van der Waals surface area contributed by atoms with Gasteiger partial charge < -0.3 is 10.2 Å². The van der Waals surface area contributed by atoms with E-state index in [1.807, 2.05) is 0 Å². The van der Waals surface area contributed by atoms with E-state index >= 15 is 0 Å². The number of hydrogen-bond donors (Lipinski definition) is 2. The lowest BCUT2D eigenvalue weighted by Crippen LogP contribution is -1.85. The largest absolute Gasteiger partial charge is 0.510 e. The van der Waals surface area contributed by atoms with Crippen molar-refractivity contribution < 1.29 is 14.6 Å². The van der Waals surface area contributed by atoms with Crippen LogP contribution >= 0.6 is 0 Å². The third-order valence-corrected chi connectivity index (χ3v) is 1.07. The van der Waals surface area contributed by atoms with Crippen molar-refractivity contribution in [2.24, 2.45) is 0 Å². The van der Waals surface area contributed by atoms with Crippen molar-refractivity contribution in [2.75, 3.05) is 13.3 Å². The standard InChI is InChI=1S/C8H11FO2/c1-2-7(6-10)3-4-8(11)5-9/h2-4,10-11H,1,5-6H2/b7-3+,8-4+. The normalized spacial score (nSPS) is 13.3. The number of rotatable bonds is 4. The summed E-state index contributed by atoms with van der Waals surface area (Å²) in [5, 5.41) is 17.2. The SMILES string of the molecule is C=C/C(=C\C=C(\O)CF)CO. The molecule has 0 heterocycles. The number of halogens is 1. The molecule has 0 spiro atoms. The topological polar surface area (TPSA) is 40.5 Å². The number of allylic oxidation sites excluding steroid dienone is 3. The van der Waals surface area contributed by atoms with Gasteiger partial charge >= 0.3 is 0 Å². The quantitative estimate of drug-likeness (QED) is 0.481. The van der Waals surface area contributed by atoms with Crippen LogP contribution < -0.4 is 0 Å². The molecule has 0 aliphatic carbocycles. The van der Waals surface area contributed by atoms with Crippen molar-refractivity contribution in [3.63, 3.8) is 0 Å². The van der Waals surface area contributed by atoms with Crippen molar-refractivity contribution in [1.82, 2.24) is 0 Å². The predicted molar refractivity (Wildman–Crippen MR) is 42.1 cm³/mol. The number of aliphatic hydroxyl groups excluding tert-OH is 2. The highest BCUT2D eigenvalue weighted by atomic mass is 19.1. The van der Waals surface area contributed by atoms with Gasteiger partial charge in [0.2, 0.25) is 0 Å². The molecule has 0 aliphatic heterocycles. The van der Waals surface area contributed by atoms with E-state index in [0.29, 0.717) is 5.57 Å². The van der Waals surface area contributed by atoms with E-state index in [-0.39, 0.29) is 12.4 Å². The first-order chi connectivity index (χ1) is 5.24. The molecular weight excluding hydrogens is 147 g/mol. The smallest absolute Gasteiger partial charge is 0.146 e. The minimum atomic E-state index is -0.896. The van der Waals surface area contributed by atoms with Crippen molar-refractivity contribution in [2.45, 2.75) is 0 Å². The Labute approximate surface area is 65.0 Å². The summed E-state index contributed by atoms with van der Waals surface area (Å²) in [7, 11) is 0. The maximum Gasteiger partial charge on any atom is 0.146 e. The fourth-order valence-corrected chi connectivity index (χ4v) is 0.433. The van der Waals surface area contributed by atoms with Crippen LogP contribution in [0.3, 0.4) is 0 Å². The van der Waals surface area contributed by atoms with Crippen molar-refractivity contribution in [1.29, 1.82) is 0 Å². The molecule has 0 aliphatic rings. The van der Waals surface area contributed by atoms with Gasteiger partial charge in [-0.05, 0) is 11.6 Å². The van der Waals surface area contributed by atoms with Crippen molar-refractivity contribution in [3.05, 3.63) is 36.1 Å². The second-order valence-electron chi connectivity index (χ2n) is 1.90. The van der Waals surface area contributed by atoms with Gasteiger partial charge in [0.15, 0.2) is 0 Å². The first-order valence-corrected chi connectivity index (χ1v) is 3.12. The minimum absolute atomic E-state index is 0.167. The summed E-state index contributed by atoms with van der Waals surface area (Å²) < 4.78 is 11.6. The highest BCUT2D eigenvalue weighted by molar-refractivity contribution is 5.23. The molecule has 2 nitrogen and oxygen atoms in total. The molecule has 62 valence electrons. The highest BCUT2D eigenvalue weighted by Gasteiger charge is 1.88. The molecular formula is C8H11FO2. The molecule has 0 saturated heterocycles. The summed E-state index contributed by atoms with van der Waals surface area (Å²) in [6.45, 7) is 2.34. The van der Waals surface area contributed by atoms with Crippen molar-refractivity contribution >= 4 is 0 Å². The van der Waals surface area contributed by atoms with E-state index < -0.39 is 6.67 Å². The Kier molecular flexibility index (Phi) is 5.11. The van der Waals surface area contributed by atoms with Crippen LogP contribution in [0.4, 0.5) is 4.39 Å². The van der Waals surface area contributed by atoms with Gasteiger partial charge in [-0.1, -0.05) is 18.7 Å². The molecule has 0 amide bonds. The number of hydrogen-bond acceptors (Lipinski definition) is 2. The molecule has 11 heavy (non-hydrogen) atoms. The van der Waals surface area contributed by atoms with Gasteiger partial charge in [-0.2, -0.15) is 0 Å². The third-order valence-electron chi connectivity index (χ3n) is 1.07. The maximum absolute atomic E-state index is 11.6. The van der Waals surface area contributed by atoms with E-state index in [4.69, 9.17) is 10.2 Å². The van der Waals surface area contributed by atoms with Gasteiger partial charge in [-0.3, -0.25) is 0 Å². The summed E-state index contributed by atoms with van der Waals surface area (Å²) in [4.78, 5) is 0. The Balaban J connectivity index is 4.17. The van der Waals surface area contributed by atoms with Gasteiger partial charge in [0.25, 0.3) is 0 Å². The number of alkyl halides is 1. The van der Waals surface area contributed by atoms with Gasteiger partial charge in [0, 0.05) is 0 Å². The van der Waals surface area contributed by atoms with Gasteiger partial charge in [0.05, 0.1) is 6.61 Å². The highest BCUT2D eigenvalue weighted by Crippen LogP contribution is 1.96. The monoisotopic (exact) mass is 158 g/mol. The van der Waals surface area contributed by atoms with Crippen molar-refractivity contribution in [3.8, 4) is 0 Å². The van der Waals surface area contributed by atoms with Crippen LogP contribution in [0, 0.1) is 0 Å². The molecule has 0 atom stereocenters. The Morgan fingerprint density at radius 3 is 2.45 bits per heavy atom. The molecule has 0 aromatic rings. The fourth-order valence-electron chi connectivity index (χ4n) is 0.433. The lowest BCUT2D eigenvalue weighted by molar-refractivity contribution is 0.334. The average molecular weight is 158 g/mol. The first kappa shape index (κ1) is 9.91. The van der Waals surface area contributed by atoms with Gasteiger partial charge in [-0.25, -0.2) is 4.39 Å². The first-order valence-electron chi connectivity index (χ1n) is 3.12. The summed E-state index contributed by atoms with van der Waals surface area (Å²) in [5.41, 5.74) is 0.532. The minimum Gasteiger partial charge on any atom is -0.510 e. The molecule has 0 rings (SSSR count). The maximum atomic E-state index is 11.6. The second-order valence-corrected chi connectivity index (χ2v) is 1.90. The van der Waals surface area contributed by atoms with E-state index in [2.05, 4.69) is 6.58 Å². The van der Waals surface area contributed by atoms with E-state index in [1.54, 1.807) is 0 Å². The zero-order valence-corrected chi connectivity index (χ0v) is 6.13. The molecule has 2 N–H and O–H groups in total. The molecule has 0 saturated carbocycles. The summed E-state index contributed by atoms with van der Waals surface area (Å²) >= 11 is 0. The average Bonchev–Trinajstić information content (AvgIpc) is 2.06. The Bertz CT molecular complexity index is 183. The molecule has 0 unspecified atom stereocenters. The summed E-state index contributed by atoms with van der Waals surface area (Å²) in [5.74, 6) is -0.363. The summed E-state index contributed by atoms with van der Waals surface area (Å²) in [6.07, 6.45) is 4.02.